The van der Waals surface area contributed by atoms with Crippen molar-refractivity contribution in [2.45, 2.75) is 45.8 Å². The van der Waals surface area contributed by atoms with Gasteiger partial charge in [-0.25, -0.2) is 4.99 Å². The zero-order valence-corrected chi connectivity index (χ0v) is 14.8. The molecule has 0 aliphatic carbocycles. The second-order valence-electron chi connectivity index (χ2n) is 4.56. The normalized spacial score (nSPS) is 11.9. The van der Waals surface area contributed by atoms with Gasteiger partial charge >= 0.3 is 0 Å². The van der Waals surface area contributed by atoms with Crippen molar-refractivity contribution in [3.8, 4) is 0 Å². The number of aliphatic imine (C=N–C) groups is 1. The molecule has 1 rings (SSSR count). The number of nitrogens with zero attached hydrogens (tertiary/aromatic N) is 1. The second kappa shape index (κ2) is 10.0. The summed E-state index contributed by atoms with van der Waals surface area (Å²) in [6, 6.07) is 3.74. The summed E-state index contributed by atoms with van der Waals surface area (Å²) >= 11 is 0. The van der Waals surface area contributed by atoms with Crippen LogP contribution >= 0.6 is 24.0 Å². The molecule has 0 aliphatic heterocycles. The van der Waals surface area contributed by atoms with Crippen molar-refractivity contribution in [1.82, 2.24) is 10.6 Å². The van der Waals surface area contributed by atoms with Gasteiger partial charge in [0.05, 0.1) is 11.9 Å². The van der Waals surface area contributed by atoms with E-state index < -0.39 is 5.60 Å². The SMILES string of the molecule is CCNC(=NCc1ccco1)NCC(O)(CC)CC.I. The second-order valence-corrected chi connectivity index (χ2v) is 4.56. The van der Waals surface area contributed by atoms with E-state index in [9.17, 15) is 5.11 Å². The molecule has 0 bridgehead atoms. The Kier molecular flexibility index (Phi) is 9.66. The molecule has 1 aromatic heterocycles. The lowest BCUT2D eigenvalue weighted by Gasteiger charge is -2.26. The summed E-state index contributed by atoms with van der Waals surface area (Å²) in [5, 5.41) is 16.6. The lowest BCUT2D eigenvalue weighted by molar-refractivity contribution is 0.0367. The van der Waals surface area contributed by atoms with Gasteiger partial charge in [-0.1, -0.05) is 13.8 Å². The van der Waals surface area contributed by atoms with Crippen LogP contribution in [0.5, 0.6) is 0 Å². The molecule has 6 heteroatoms. The number of hydrogen-bond acceptors (Lipinski definition) is 3. The van der Waals surface area contributed by atoms with E-state index in [1.165, 1.54) is 0 Å². The standard InChI is InChI=1S/C14H25N3O2.HI/c1-4-14(18,5-2)11-17-13(15-6-3)16-10-12-8-7-9-19-12;/h7-9,18H,4-6,10-11H2,1-3H3,(H2,15,16,17);1H. The molecule has 116 valence electrons. The van der Waals surface area contributed by atoms with Crippen molar-refractivity contribution in [1.29, 1.82) is 0 Å². The van der Waals surface area contributed by atoms with Crippen LogP contribution in [-0.4, -0.2) is 29.8 Å². The Morgan fingerprint density at radius 3 is 2.50 bits per heavy atom. The van der Waals surface area contributed by atoms with Crippen LogP contribution in [0.1, 0.15) is 39.4 Å². The molecule has 0 aromatic carbocycles. The molecule has 0 fully saturated rings. The van der Waals surface area contributed by atoms with E-state index in [0.29, 0.717) is 31.9 Å². The Hall–Kier alpha value is -0.760. The number of nitrogens with one attached hydrogen (secondary N) is 2. The molecular formula is C14H26IN3O2. The summed E-state index contributed by atoms with van der Waals surface area (Å²) in [6.07, 6.45) is 3.07. The Labute approximate surface area is 138 Å². The van der Waals surface area contributed by atoms with Gasteiger partial charge in [-0.15, -0.1) is 24.0 Å². The molecule has 1 heterocycles. The molecule has 1 aromatic rings. The van der Waals surface area contributed by atoms with E-state index >= 15 is 0 Å². The molecule has 0 amide bonds. The van der Waals surface area contributed by atoms with Crippen molar-refractivity contribution >= 4 is 29.9 Å². The van der Waals surface area contributed by atoms with Crippen LogP contribution < -0.4 is 10.6 Å². The van der Waals surface area contributed by atoms with Crippen molar-refractivity contribution in [2.24, 2.45) is 4.99 Å². The molecule has 5 nitrogen and oxygen atoms in total. The van der Waals surface area contributed by atoms with Gasteiger partial charge in [0.1, 0.15) is 12.3 Å². The average Bonchev–Trinajstić information content (AvgIpc) is 2.95. The number of hydrogen-bond donors (Lipinski definition) is 3. The molecule has 0 atom stereocenters. The van der Waals surface area contributed by atoms with Gasteiger partial charge in [-0.3, -0.25) is 0 Å². The topological polar surface area (TPSA) is 69.8 Å². The van der Waals surface area contributed by atoms with Crippen molar-refractivity contribution in [2.75, 3.05) is 13.1 Å². The Morgan fingerprint density at radius 1 is 1.30 bits per heavy atom. The zero-order valence-electron chi connectivity index (χ0n) is 12.5. The lowest BCUT2D eigenvalue weighted by Crippen LogP contribution is -2.46. The molecule has 3 N–H and O–H groups in total. The molecule has 0 unspecified atom stereocenters. The van der Waals surface area contributed by atoms with Gasteiger partial charge in [0.25, 0.3) is 0 Å². The highest BCUT2D eigenvalue weighted by Gasteiger charge is 2.22. The minimum Gasteiger partial charge on any atom is -0.467 e. The highest BCUT2D eigenvalue weighted by molar-refractivity contribution is 14.0. The van der Waals surface area contributed by atoms with Crippen molar-refractivity contribution < 1.29 is 9.52 Å². The number of guanidine groups is 1. The smallest absolute Gasteiger partial charge is 0.191 e. The molecule has 0 saturated carbocycles. The van der Waals surface area contributed by atoms with E-state index in [1.807, 2.05) is 32.9 Å². The number of halogens is 1. The summed E-state index contributed by atoms with van der Waals surface area (Å²) in [4.78, 5) is 4.42. The van der Waals surface area contributed by atoms with Crippen LogP contribution in [0.2, 0.25) is 0 Å². The van der Waals surface area contributed by atoms with Crippen LogP contribution in [0, 0.1) is 0 Å². The third-order valence-corrected chi connectivity index (χ3v) is 3.22. The van der Waals surface area contributed by atoms with Gasteiger partial charge in [0.15, 0.2) is 5.96 Å². The quantitative estimate of drug-likeness (QED) is 0.377. The molecule has 0 radical (unpaired) electrons. The average molecular weight is 395 g/mol. The Balaban J connectivity index is 0.00000361. The summed E-state index contributed by atoms with van der Waals surface area (Å²) < 4.78 is 5.24. The van der Waals surface area contributed by atoms with Gasteiger partial charge in [-0.2, -0.15) is 0 Å². The van der Waals surface area contributed by atoms with E-state index in [1.54, 1.807) is 6.26 Å². The number of rotatable bonds is 7. The number of aliphatic hydroxyl groups is 1. The zero-order chi connectivity index (χ0) is 14.1. The first kappa shape index (κ1) is 19.2. The highest BCUT2D eigenvalue weighted by Crippen LogP contribution is 2.12. The van der Waals surface area contributed by atoms with Crippen molar-refractivity contribution in [3.05, 3.63) is 24.2 Å². The fraction of sp³-hybridized carbons (Fsp3) is 0.643. The van der Waals surface area contributed by atoms with E-state index in [0.717, 1.165) is 12.3 Å². The summed E-state index contributed by atoms with van der Waals surface area (Å²) in [5.74, 6) is 1.51. The van der Waals surface area contributed by atoms with Gasteiger partial charge in [-0.05, 0) is 31.9 Å². The predicted octanol–water partition coefficient (Wildman–Crippen LogP) is 2.50. The maximum atomic E-state index is 10.2. The van der Waals surface area contributed by atoms with Gasteiger partial charge in [0, 0.05) is 13.1 Å². The molecule has 0 spiro atoms. The minimum atomic E-state index is -0.680. The molecule has 0 saturated heterocycles. The first-order valence-electron chi connectivity index (χ1n) is 6.90. The maximum absolute atomic E-state index is 10.2. The highest BCUT2D eigenvalue weighted by atomic mass is 127. The monoisotopic (exact) mass is 395 g/mol. The predicted molar refractivity (Wildman–Crippen MR) is 92.5 cm³/mol. The van der Waals surface area contributed by atoms with Gasteiger partial charge < -0.3 is 20.2 Å². The fourth-order valence-corrected chi connectivity index (χ4v) is 1.65. The third-order valence-electron chi connectivity index (χ3n) is 3.22. The largest absolute Gasteiger partial charge is 0.467 e. The van der Waals surface area contributed by atoms with Crippen LogP contribution in [0.3, 0.4) is 0 Å². The summed E-state index contributed by atoms with van der Waals surface area (Å²) in [5.41, 5.74) is -0.680. The molecule has 20 heavy (non-hydrogen) atoms. The van der Waals surface area contributed by atoms with Crippen LogP contribution in [0.4, 0.5) is 0 Å². The Bertz CT molecular complexity index is 376. The summed E-state index contributed by atoms with van der Waals surface area (Å²) in [6.45, 7) is 7.73. The molecule has 0 aliphatic rings. The lowest BCUT2D eigenvalue weighted by atomic mass is 9.98. The summed E-state index contributed by atoms with van der Waals surface area (Å²) in [7, 11) is 0. The van der Waals surface area contributed by atoms with E-state index in [-0.39, 0.29) is 24.0 Å². The fourth-order valence-electron chi connectivity index (χ4n) is 1.65. The third kappa shape index (κ3) is 6.60. The van der Waals surface area contributed by atoms with E-state index in [2.05, 4.69) is 15.6 Å². The minimum absolute atomic E-state index is 0. The first-order valence-corrected chi connectivity index (χ1v) is 6.90. The van der Waals surface area contributed by atoms with Gasteiger partial charge in [0.2, 0.25) is 0 Å². The Morgan fingerprint density at radius 2 is 2.00 bits per heavy atom. The van der Waals surface area contributed by atoms with E-state index in [4.69, 9.17) is 4.42 Å². The molecular weight excluding hydrogens is 369 g/mol. The maximum Gasteiger partial charge on any atom is 0.191 e. The van der Waals surface area contributed by atoms with Crippen LogP contribution in [0.25, 0.3) is 0 Å². The van der Waals surface area contributed by atoms with Crippen LogP contribution in [-0.2, 0) is 6.54 Å². The first-order chi connectivity index (χ1) is 9.13. The van der Waals surface area contributed by atoms with Crippen molar-refractivity contribution in [3.63, 3.8) is 0 Å². The van der Waals surface area contributed by atoms with Crippen LogP contribution in [0.15, 0.2) is 27.8 Å². The number of furan rings is 1.